The number of hydrogen-bond donors (Lipinski definition) is 1. The molecular weight excluding hydrogens is 302 g/mol. The van der Waals surface area contributed by atoms with Gasteiger partial charge in [-0.15, -0.1) is 0 Å². The predicted octanol–water partition coefficient (Wildman–Crippen LogP) is 1.91. The van der Waals surface area contributed by atoms with Crippen molar-refractivity contribution >= 4 is 21.7 Å². The van der Waals surface area contributed by atoms with E-state index in [0.717, 1.165) is 0 Å². The molecular formula is C16H15NO4S. The van der Waals surface area contributed by atoms with E-state index in [1.54, 1.807) is 60.7 Å². The molecule has 5 nitrogen and oxygen atoms in total. The van der Waals surface area contributed by atoms with Gasteiger partial charge >= 0.3 is 0 Å². The summed E-state index contributed by atoms with van der Waals surface area (Å²) < 4.78 is 25.7. The van der Waals surface area contributed by atoms with Crippen LogP contribution in [0.1, 0.15) is 22.3 Å². The number of carbonyl (C=O) groups excluding carboxylic acids is 2. The van der Waals surface area contributed by atoms with Crippen molar-refractivity contribution in [3.8, 4) is 0 Å². The first-order chi connectivity index (χ1) is 10.5. The van der Waals surface area contributed by atoms with Crippen molar-refractivity contribution in [1.29, 1.82) is 0 Å². The normalized spacial score (nSPS) is 10.9. The van der Waals surface area contributed by atoms with Crippen molar-refractivity contribution in [3.05, 3.63) is 71.8 Å². The Bertz CT molecular complexity index is 755. The highest BCUT2D eigenvalue weighted by Crippen LogP contribution is 2.06. The first kappa shape index (κ1) is 15.9. The average Bonchev–Trinajstić information content (AvgIpc) is 2.47. The largest absolute Gasteiger partial charge is 0.294 e. The zero-order valence-corrected chi connectivity index (χ0v) is 12.5. The quantitative estimate of drug-likeness (QED) is 0.652. The van der Waals surface area contributed by atoms with Gasteiger partial charge in [0.05, 0.1) is 12.2 Å². The van der Waals surface area contributed by atoms with E-state index in [-0.39, 0.29) is 5.75 Å². The fourth-order valence-electron chi connectivity index (χ4n) is 1.91. The van der Waals surface area contributed by atoms with Gasteiger partial charge in [-0.25, -0.2) is 8.42 Å². The number of sulfonamides is 1. The maximum Gasteiger partial charge on any atom is 0.241 e. The number of rotatable bonds is 6. The molecule has 0 aliphatic rings. The minimum Gasteiger partial charge on any atom is -0.294 e. The second-order valence-electron chi connectivity index (χ2n) is 4.74. The van der Waals surface area contributed by atoms with Crippen LogP contribution in [0.5, 0.6) is 0 Å². The number of nitrogens with one attached hydrogen (secondary N) is 1. The van der Waals surface area contributed by atoms with Gasteiger partial charge in [0.15, 0.2) is 5.78 Å². The van der Waals surface area contributed by atoms with Crippen molar-refractivity contribution in [2.24, 2.45) is 0 Å². The molecule has 22 heavy (non-hydrogen) atoms. The molecule has 0 fully saturated rings. The second-order valence-corrected chi connectivity index (χ2v) is 6.46. The third-order valence-corrected chi connectivity index (χ3v) is 4.14. The topological polar surface area (TPSA) is 80.3 Å². The van der Waals surface area contributed by atoms with Crippen LogP contribution in [0.15, 0.2) is 60.7 Å². The van der Waals surface area contributed by atoms with Gasteiger partial charge in [0.25, 0.3) is 0 Å². The Balaban J connectivity index is 1.95. The minimum atomic E-state index is -3.81. The number of ketones is 1. The van der Waals surface area contributed by atoms with E-state index in [9.17, 15) is 18.0 Å². The fourth-order valence-corrected chi connectivity index (χ4v) is 3.03. The fraction of sp³-hybridized carbons (Fsp3) is 0.125. The summed E-state index contributed by atoms with van der Waals surface area (Å²) in [4.78, 5) is 23.6. The first-order valence-corrected chi connectivity index (χ1v) is 8.27. The Morgan fingerprint density at radius 1 is 0.864 bits per heavy atom. The molecule has 1 N–H and O–H groups in total. The van der Waals surface area contributed by atoms with Crippen LogP contribution in [0.4, 0.5) is 0 Å². The molecule has 0 bridgehead atoms. The van der Waals surface area contributed by atoms with Gasteiger partial charge in [0.2, 0.25) is 15.9 Å². The van der Waals surface area contributed by atoms with E-state index in [2.05, 4.69) is 0 Å². The van der Waals surface area contributed by atoms with Crippen molar-refractivity contribution in [3.63, 3.8) is 0 Å². The Kier molecular flexibility index (Phi) is 5.06. The maximum absolute atomic E-state index is 11.9. The molecule has 0 heterocycles. The second kappa shape index (κ2) is 7.00. The molecule has 1 amide bonds. The van der Waals surface area contributed by atoms with Gasteiger partial charge in [-0.05, 0) is 5.56 Å². The van der Waals surface area contributed by atoms with Gasteiger partial charge in [-0.1, -0.05) is 60.7 Å². The summed E-state index contributed by atoms with van der Waals surface area (Å²) in [6.07, 6.45) is -0.502. The van der Waals surface area contributed by atoms with Gasteiger partial charge in [-0.2, -0.15) is 0 Å². The molecule has 114 valence electrons. The Morgan fingerprint density at radius 2 is 1.41 bits per heavy atom. The summed E-state index contributed by atoms with van der Waals surface area (Å²) in [6.45, 7) is 0. The summed E-state index contributed by atoms with van der Waals surface area (Å²) in [5.41, 5.74) is 0.940. The summed E-state index contributed by atoms with van der Waals surface area (Å²) in [7, 11) is -3.81. The lowest BCUT2D eigenvalue weighted by Crippen LogP contribution is -2.32. The third-order valence-electron chi connectivity index (χ3n) is 2.89. The van der Waals surface area contributed by atoms with Crippen LogP contribution in [-0.2, 0) is 20.6 Å². The smallest absolute Gasteiger partial charge is 0.241 e. The number of hydrogen-bond acceptors (Lipinski definition) is 4. The summed E-state index contributed by atoms with van der Waals surface area (Å²) in [5, 5.41) is 0. The highest BCUT2D eigenvalue weighted by molar-refractivity contribution is 7.89. The first-order valence-electron chi connectivity index (χ1n) is 6.62. The van der Waals surface area contributed by atoms with Crippen LogP contribution in [-0.4, -0.2) is 20.1 Å². The number of benzene rings is 2. The summed E-state index contributed by atoms with van der Waals surface area (Å²) in [6, 6.07) is 16.8. The standard InChI is InChI=1S/C16H15NO4S/c18-15(14-9-5-2-6-10-14)11-16(19)17-22(20,21)12-13-7-3-1-4-8-13/h1-10H,11-12H2,(H,17,19). The highest BCUT2D eigenvalue weighted by atomic mass is 32.2. The molecule has 0 atom stereocenters. The van der Waals surface area contributed by atoms with Crippen molar-refractivity contribution in [2.45, 2.75) is 12.2 Å². The molecule has 0 spiro atoms. The van der Waals surface area contributed by atoms with E-state index in [4.69, 9.17) is 0 Å². The Labute approximate surface area is 129 Å². The van der Waals surface area contributed by atoms with Gasteiger partial charge in [-0.3, -0.25) is 14.3 Å². The molecule has 0 aromatic heterocycles. The lowest BCUT2D eigenvalue weighted by Gasteiger charge is -2.06. The van der Waals surface area contributed by atoms with Crippen LogP contribution in [0, 0.1) is 0 Å². The van der Waals surface area contributed by atoms with Crippen LogP contribution in [0.3, 0.4) is 0 Å². The zero-order chi connectivity index (χ0) is 16.0. The molecule has 6 heteroatoms. The van der Waals surface area contributed by atoms with E-state index in [0.29, 0.717) is 11.1 Å². The third kappa shape index (κ3) is 4.82. The van der Waals surface area contributed by atoms with Gasteiger partial charge in [0, 0.05) is 5.56 Å². The molecule has 0 aliphatic carbocycles. The predicted molar refractivity (Wildman–Crippen MR) is 82.6 cm³/mol. The minimum absolute atomic E-state index is 0.306. The number of amides is 1. The van der Waals surface area contributed by atoms with E-state index in [1.165, 1.54) is 0 Å². The summed E-state index contributed by atoms with van der Waals surface area (Å²) in [5.74, 6) is -1.56. The highest BCUT2D eigenvalue weighted by Gasteiger charge is 2.18. The maximum atomic E-state index is 11.9. The van der Waals surface area contributed by atoms with Crippen molar-refractivity contribution in [1.82, 2.24) is 4.72 Å². The monoisotopic (exact) mass is 317 g/mol. The van der Waals surface area contributed by atoms with Crippen molar-refractivity contribution < 1.29 is 18.0 Å². The average molecular weight is 317 g/mol. The van der Waals surface area contributed by atoms with E-state index < -0.39 is 28.1 Å². The zero-order valence-electron chi connectivity index (χ0n) is 11.7. The number of carbonyl (C=O) groups is 2. The SMILES string of the molecule is O=C(CC(=O)c1ccccc1)NS(=O)(=O)Cc1ccccc1. The molecule has 2 aromatic rings. The van der Waals surface area contributed by atoms with Gasteiger partial charge < -0.3 is 0 Å². The van der Waals surface area contributed by atoms with E-state index in [1.807, 2.05) is 4.72 Å². The molecule has 2 aromatic carbocycles. The summed E-state index contributed by atoms with van der Waals surface area (Å²) >= 11 is 0. The lowest BCUT2D eigenvalue weighted by atomic mass is 10.1. The molecule has 0 aliphatic heterocycles. The molecule has 0 saturated carbocycles. The Hall–Kier alpha value is -2.47. The van der Waals surface area contributed by atoms with Crippen LogP contribution in [0.25, 0.3) is 0 Å². The number of Topliss-reactive ketones (excluding diaryl/α,β-unsaturated/α-hetero) is 1. The Morgan fingerprint density at radius 3 is 2.00 bits per heavy atom. The molecule has 0 radical (unpaired) electrons. The molecule has 0 saturated heterocycles. The molecule has 0 unspecified atom stereocenters. The molecule has 2 rings (SSSR count). The van der Waals surface area contributed by atoms with Gasteiger partial charge in [0.1, 0.15) is 0 Å². The van der Waals surface area contributed by atoms with Crippen molar-refractivity contribution in [2.75, 3.05) is 0 Å². The van der Waals surface area contributed by atoms with Crippen LogP contribution < -0.4 is 4.72 Å². The lowest BCUT2D eigenvalue weighted by molar-refractivity contribution is -0.118. The van der Waals surface area contributed by atoms with Crippen LogP contribution >= 0.6 is 0 Å². The van der Waals surface area contributed by atoms with E-state index >= 15 is 0 Å². The van der Waals surface area contributed by atoms with Crippen LogP contribution in [0.2, 0.25) is 0 Å².